The number of halogens is 1. The van der Waals surface area contributed by atoms with E-state index >= 15 is 0 Å². The first kappa shape index (κ1) is 15.3. The summed E-state index contributed by atoms with van der Waals surface area (Å²) in [6, 6.07) is 10.8. The summed E-state index contributed by atoms with van der Waals surface area (Å²) >= 11 is 7.27. The zero-order chi connectivity index (χ0) is 15.1. The van der Waals surface area contributed by atoms with Gasteiger partial charge >= 0.3 is 5.97 Å². The number of ether oxygens (including phenoxy) is 2. The zero-order valence-corrected chi connectivity index (χ0v) is 12.8. The molecule has 2 rings (SSSR count). The highest BCUT2D eigenvalue weighted by Gasteiger charge is 2.10. The molecule has 0 unspecified atom stereocenters. The fourth-order valence-corrected chi connectivity index (χ4v) is 2.13. The van der Waals surface area contributed by atoms with Crippen molar-refractivity contribution in [1.29, 1.82) is 0 Å². The Morgan fingerprint density at radius 1 is 1.33 bits per heavy atom. The lowest BCUT2D eigenvalue weighted by Crippen LogP contribution is -2.13. The molecular formula is C14H13ClN2O3S. The van der Waals surface area contributed by atoms with Crippen LogP contribution in [-0.2, 0) is 16.1 Å². The third-order valence-corrected chi connectivity index (χ3v) is 3.56. The van der Waals surface area contributed by atoms with Crippen LogP contribution in [0.1, 0.15) is 4.88 Å². The molecule has 2 aromatic rings. The fourth-order valence-electron chi connectivity index (χ4n) is 1.42. The van der Waals surface area contributed by atoms with Gasteiger partial charge in [0.15, 0.2) is 0 Å². The topological polar surface area (TPSA) is 59.9 Å². The zero-order valence-electron chi connectivity index (χ0n) is 11.2. The standard InChI is InChI=1S/C14H13ClN2O3S/c1-19-11-6-4-10(5-7-11)16-17-13(15)14(18)20-9-12-3-2-8-21-12/h2-8,16H,9H2,1H3/b17-13-. The van der Waals surface area contributed by atoms with Gasteiger partial charge in [-0.15, -0.1) is 11.3 Å². The molecule has 110 valence electrons. The van der Waals surface area contributed by atoms with Gasteiger partial charge in [0.25, 0.3) is 0 Å². The van der Waals surface area contributed by atoms with E-state index in [1.807, 2.05) is 17.5 Å². The molecule has 1 aromatic heterocycles. The molecule has 0 atom stereocenters. The van der Waals surface area contributed by atoms with Gasteiger partial charge in [0.1, 0.15) is 12.4 Å². The number of carbonyl (C=O) groups excluding carboxylic acids is 1. The largest absolute Gasteiger partial charge is 0.497 e. The molecule has 5 nitrogen and oxygen atoms in total. The minimum absolute atomic E-state index is 0.185. The first-order valence-corrected chi connectivity index (χ1v) is 7.27. The monoisotopic (exact) mass is 324 g/mol. The van der Waals surface area contributed by atoms with Crippen LogP contribution >= 0.6 is 22.9 Å². The number of rotatable bonds is 6. The summed E-state index contributed by atoms with van der Waals surface area (Å²) in [6.07, 6.45) is 0. The molecule has 0 saturated carbocycles. The van der Waals surface area contributed by atoms with Gasteiger partial charge < -0.3 is 9.47 Å². The van der Waals surface area contributed by atoms with E-state index < -0.39 is 5.97 Å². The lowest BCUT2D eigenvalue weighted by molar-refractivity contribution is -0.136. The second kappa shape index (κ2) is 7.66. The highest BCUT2D eigenvalue weighted by Crippen LogP contribution is 2.15. The van der Waals surface area contributed by atoms with E-state index in [1.165, 1.54) is 11.3 Å². The highest BCUT2D eigenvalue weighted by atomic mass is 35.5. The number of anilines is 1. The Bertz CT molecular complexity index is 612. The number of thiophene rings is 1. The van der Waals surface area contributed by atoms with Crippen LogP contribution < -0.4 is 10.2 Å². The quantitative estimate of drug-likeness (QED) is 0.502. The Kier molecular flexibility index (Phi) is 5.59. The van der Waals surface area contributed by atoms with Crippen LogP contribution in [0.3, 0.4) is 0 Å². The summed E-state index contributed by atoms with van der Waals surface area (Å²) < 4.78 is 10.1. The molecule has 7 heteroatoms. The summed E-state index contributed by atoms with van der Waals surface area (Å²) in [7, 11) is 1.58. The maximum absolute atomic E-state index is 11.6. The minimum Gasteiger partial charge on any atom is -0.497 e. The van der Waals surface area contributed by atoms with Crippen molar-refractivity contribution >= 4 is 39.8 Å². The number of nitrogens with zero attached hydrogens (tertiary/aromatic N) is 1. The number of nitrogens with one attached hydrogen (secondary N) is 1. The van der Waals surface area contributed by atoms with E-state index in [-0.39, 0.29) is 11.8 Å². The van der Waals surface area contributed by atoms with Crippen LogP contribution in [-0.4, -0.2) is 18.2 Å². The van der Waals surface area contributed by atoms with E-state index in [0.29, 0.717) is 5.69 Å². The smallest absolute Gasteiger partial charge is 0.371 e. The van der Waals surface area contributed by atoms with Gasteiger partial charge in [0.05, 0.1) is 12.8 Å². The van der Waals surface area contributed by atoms with Crippen LogP contribution in [0.15, 0.2) is 46.9 Å². The third kappa shape index (κ3) is 4.77. The van der Waals surface area contributed by atoms with Crippen LogP contribution in [0.5, 0.6) is 5.75 Å². The first-order valence-electron chi connectivity index (χ1n) is 6.02. The van der Waals surface area contributed by atoms with Crippen molar-refractivity contribution in [3.05, 3.63) is 46.7 Å². The predicted octanol–water partition coefficient (Wildman–Crippen LogP) is 3.46. The average molecular weight is 325 g/mol. The van der Waals surface area contributed by atoms with Crippen LogP contribution in [0.4, 0.5) is 5.69 Å². The van der Waals surface area contributed by atoms with Crippen molar-refractivity contribution in [2.24, 2.45) is 5.10 Å². The van der Waals surface area contributed by atoms with E-state index in [9.17, 15) is 4.79 Å². The van der Waals surface area contributed by atoms with Crippen molar-refractivity contribution in [3.8, 4) is 5.75 Å². The van der Waals surface area contributed by atoms with Gasteiger partial charge in [0, 0.05) is 4.88 Å². The van der Waals surface area contributed by atoms with Crippen LogP contribution in [0.2, 0.25) is 0 Å². The molecule has 0 aliphatic rings. The molecule has 1 heterocycles. The van der Waals surface area contributed by atoms with Crippen LogP contribution in [0.25, 0.3) is 0 Å². The molecular weight excluding hydrogens is 312 g/mol. The van der Waals surface area contributed by atoms with Gasteiger partial charge in [-0.1, -0.05) is 17.7 Å². The van der Waals surface area contributed by atoms with Crippen molar-refractivity contribution in [2.75, 3.05) is 12.5 Å². The number of hydrazone groups is 1. The SMILES string of the molecule is COc1ccc(N/N=C(\Cl)C(=O)OCc2cccs2)cc1. The Labute approximate surface area is 131 Å². The van der Waals surface area contributed by atoms with Crippen molar-refractivity contribution < 1.29 is 14.3 Å². The summed E-state index contributed by atoms with van der Waals surface area (Å²) in [5.41, 5.74) is 3.35. The van der Waals surface area contributed by atoms with Crippen molar-refractivity contribution in [3.63, 3.8) is 0 Å². The second-order valence-corrected chi connectivity index (χ2v) is 5.29. The van der Waals surface area contributed by atoms with Gasteiger partial charge in [-0.2, -0.15) is 5.10 Å². The molecule has 0 radical (unpaired) electrons. The van der Waals surface area contributed by atoms with Crippen molar-refractivity contribution in [2.45, 2.75) is 6.61 Å². The lowest BCUT2D eigenvalue weighted by atomic mass is 10.3. The fraction of sp³-hybridized carbons (Fsp3) is 0.143. The summed E-state index contributed by atoms with van der Waals surface area (Å²) in [5.74, 6) is 0.0528. The van der Waals surface area contributed by atoms with Gasteiger partial charge in [0.2, 0.25) is 5.17 Å². The lowest BCUT2D eigenvalue weighted by Gasteiger charge is -2.04. The van der Waals surface area contributed by atoms with Gasteiger partial charge in [-0.3, -0.25) is 5.43 Å². The summed E-state index contributed by atoms with van der Waals surface area (Å²) in [6.45, 7) is 0.185. The highest BCUT2D eigenvalue weighted by molar-refractivity contribution is 7.09. The number of methoxy groups -OCH3 is 1. The molecule has 0 spiro atoms. The maximum atomic E-state index is 11.6. The summed E-state index contributed by atoms with van der Waals surface area (Å²) in [5, 5.41) is 5.42. The first-order chi connectivity index (χ1) is 10.2. The minimum atomic E-state index is -0.675. The number of carbonyl (C=O) groups is 1. The maximum Gasteiger partial charge on any atom is 0.371 e. The second-order valence-electron chi connectivity index (χ2n) is 3.90. The van der Waals surface area contributed by atoms with Gasteiger partial charge in [-0.25, -0.2) is 4.79 Å². The Morgan fingerprint density at radius 2 is 2.10 bits per heavy atom. The molecule has 1 N–H and O–H groups in total. The third-order valence-electron chi connectivity index (χ3n) is 2.47. The molecule has 0 fully saturated rings. The van der Waals surface area contributed by atoms with Crippen molar-refractivity contribution in [1.82, 2.24) is 0 Å². The van der Waals surface area contributed by atoms with E-state index in [1.54, 1.807) is 31.4 Å². The number of benzene rings is 1. The predicted molar refractivity (Wildman–Crippen MR) is 84.0 cm³/mol. The summed E-state index contributed by atoms with van der Waals surface area (Å²) in [4.78, 5) is 12.6. The van der Waals surface area contributed by atoms with E-state index in [4.69, 9.17) is 21.1 Å². The molecule has 0 aliphatic carbocycles. The molecule has 0 saturated heterocycles. The van der Waals surface area contributed by atoms with Gasteiger partial charge in [-0.05, 0) is 35.7 Å². The average Bonchev–Trinajstić information content (AvgIpc) is 3.04. The van der Waals surface area contributed by atoms with E-state index in [2.05, 4.69) is 10.5 Å². The van der Waals surface area contributed by atoms with Crippen LogP contribution in [0, 0.1) is 0 Å². The molecule has 0 bridgehead atoms. The molecule has 0 aliphatic heterocycles. The molecule has 1 aromatic carbocycles. The Balaban J connectivity index is 1.85. The molecule has 21 heavy (non-hydrogen) atoms. The van der Waals surface area contributed by atoms with E-state index in [0.717, 1.165) is 10.6 Å². The number of hydrogen-bond acceptors (Lipinski definition) is 6. The number of hydrogen-bond donors (Lipinski definition) is 1. The molecule has 0 amide bonds. The Hall–Kier alpha value is -2.05. The number of esters is 1. The normalized spacial score (nSPS) is 11.0. The Morgan fingerprint density at radius 3 is 2.71 bits per heavy atom.